The van der Waals surface area contributed by atoms with Gasteiger partial charge >= 0.3 is 12.1 Å². The molecule has 0 spiro atoms. The molecule has 1 N–H and O–H groups in total. The average molecular weight is 556 g/mol. The number of halogens is 3. The van der Waals surface area contributed by atoms with Gasteiger partial charge in [-0.15, -0.1) is 0 Å². The summed E-state index contributed by atoms with van der Waals surface area (Å²) in [5.74, 6) is -1.04. The molecule has 0 aliphatic heterocycles. The van der Waals surface area contributed by atoms with Crippen LogP contribution >= 0.6 is 0 Å². The number of esters is 1. The fourth-order valence-corrected chi connectivity index (χ4v) is 3.42. The Hall–Kier alpha value is -5.33. The lowest BCUT2D eigenvalue weighted by atomic mass is 10.2. The normalized spacial score (nSPS) is 11.0. The summed E-state index contributed by atoms with van der Waals surface area (Å²) < 4.78 is 60.1. The van der Waals surface area contributed by atoms with E-state index in [9.17, 15) is 32.9 Å². The highest BCUT2D eigenvalue weighted by atomic mass is 19.4. The van der Waals surface area contributed by atoms with Crippen molar-refractivity contribution in [1.29, 1.82) is 0 Å². The molecule has 1 heterocycles. The number of nitro benzene ring substituents is 1. The molecule has 0 aliphatic rings. The summed E-state index contributed by atoms with van der Waals surface area (Å²) in [7, 11) is 1.27. The topological polar surface area (TPSA) is 130 Å². The summed E-state index contributed by atoms with van der Waals surface area (Å²) in [6.45, 7) is -0.0450. The molecule has 0 unspecified atom stereocenters. The fourth-order valence-electron chi connectivity index (χ4n) is 3.42. The first-order chi connectivity index (χ1) is 19.0. The Balaban J connectivity index is 1.44. The number of furan rings is 1. The predicted octanol–water partition coefficient (Wildman–Crippen LogP) is 6.62. The van der Waals surface area contributed by atoms with Gasteiger partial charge in [-0.2, -0.15) is 13.2 Å². The summed E-state index contributed by atoms with van der Waals surface area (Å²) in [4.78, 5) is 34.9. The van der Waals surface area contributed by atoms with E-state index in [1.807, 2.05) is 0 Å². The van der Waals surface area contributed by atoms with Crippen molar-refractivity contribution in [3.63, 3.8) is 0 Å². The SMILES string of the molecule is COC(=O)c1ccc(OCc2ccc(C(=O)Nc3cc(Oc4cccc(C(F)(F)F)c4)cc([N+](=O)[O-])c3)o2)cc1. The lowest BCUT2D eigenvalue weighted by Crippen LogP contribution is -2.11. The smallest absolute Gasteiger partial charge is 0.416 e. The van der Waals surface area contributed by atoms with Crippen LogP contribution in [0.3, 0.4) is 0 Å². The number of anilines is 1. The van der Waals surface area contributed by atoms with Crippen LogP contribution in [0.4, 0.5) is 24.5 Å². The second-order valence-electron chi connectivity index (χ2n) is 8.13. The minimum Gasteiger partial charge on any atom is -0.486 e. The largest absolute Gasteiger partial charge is 0.486 e. The number of carbonyl (C=O) groups excluding carboxylic acids is 2. The lowest BCUT2D eigenvalue weighted by molar-refractivity contribution is -0.384. The Kier molecular flexibility index (Phi) is 8.03. The van der Waals surface area contributed by atoms with E-state index in [4.69, 9.17) is 13.9 Å². The van der Waals surface area contributed by atoms with Gasteiger partial charge < -0.3 is 23.9 Å². The highest BCUT2D eigenvalue weighted by molar-refractivity contribution is 6.02. The Morgan fingerprint density at radius 2 is 1.70 bits per heavy atom. The molecule has 13 heteroatoms. The minimum atomic E-state index is -4.61. The summed E-state index contributed by atoms with van der Waals surface area (Å²) in [5, 5.41) is 13.8. The number of methoxy groups -OCH3 is 1. The van der Waals surface area contributed by atoms with E-state index in [2.05, 4.69) is 10.1 Å². The Bertz CT molecular complexity index is 1550. The molecule has 1 amide bonds. The van der Waals surface area contributed by atoms with Crippen molar-refractivity contribution in [2.45, 2.75) is 12.8 Å². The first kappa shape index (κ1) is 27.7. The van der Waals surface area contributed by atoms with Gasteiger partial charge in [0.25, 0.3) is 11.6 Å². The number of rotatable bonds is 9. The lowest BCUT2D eigenvalue weighted by Gasteiger charge is -2.11. The molecule has 0 aliphatic carbocycles. The number of nitrogens with zero attached hydrogens (tertiary/aromatic N) is 1. The van der Waals surface area contributed by atoms with Crippen LogP contribution in [-0.4, -0.2) is 23.9 Å². The molecule has 4 rings (SSSR count). The quantitative estimate of drug-likeness (QED) is 0.138. The van der Waals surface area contributed by atoms with Gasteiger partial charge in [0.05, 0.1) is 34.9 Å². The molecule has 3 aromatic carbocycles. The van der Waals surface area contributed by atoms with Crippen molar-refractivity contribution in [2.24, 2.45) is 0 Å². The monoisotopic (exact) mass is 556 g/mol. The van der Waals surface area contributed by atoms with Crippen LogP contribution in [0.15, 0.2) is 83.3 Å². The van der Waals surface area contributed by atoms with Crippen LogP contribution in [0.5, 0.6) is 17.2 Å². The molecular weight excluding hydrogens is 537 g/mol. The molecule has 0 saturated carbocycles. The minimum absolute atomic E-state index is 0.0450. The molecule has 0 fully saturated rings. The van der Waals surface area contributed by atoms with E-state index in [1.54, 1.807) is 12.1 Å². The summed E-state index contributed by atoms with van der Waals surface area (Å²) in [5.41, 5.74) is -1.14. The number of carbonyl (C=O) groups is 2. The van der Waals surface area contributed by atoms with Gasteiger partial charge in [0.1, 0.15) is 29.6 Å². The molecular formula is C27H19F3N2O8. The molecule has 0 bridgehead atoms. The second kappa shape index (κ2) is 11.6. The third kappa shape index (κ3) is 6.95. The standard InChI is InChI=1S/C27H19F3N2O8/c1-37-26(34)16-5-7-20(8-6-16)38-15-22-9-10-24(40-22)25(33)31-18-12-19(32(35)36)14-23(13-18)39-21-4-2-3-17(11-21)27(28,29)30/h2-14H,15H2,1H3,(H,31,33). The number of non-ortho nitro benzene ring substituents is 1. The van der Waals surface area contributed by atoms with Crippen molar-refractivity contribution >= 4 is 23.3 Å². The van der Waals surface area contributed by atoms with Crippen LogP contribution in [-0.2, 0) is 17.5 Å². The predicted molar refractivity (Wildman–Crippen MR) is 133 cm³/mol. The number of nitro groups is 1. The van der Waals surface area contributed by atoms with Gasteiger partial charge in [-0.25, -0.2) is 4.79 Å². The number of amides is 1. The molecule has 0 atom stereocenters. The van der Waals surface area contributed by atoms with Crippen LogP contribution in [0, 0.1) is 10.1 Å². The van der Waals surface area contributed by atoms with Gasteiger partial charge in [0, 0.05) is 12.1 Å². The maximum Gasteiger partial charge on any atom is 0.416 e. The van der Waals surface area contributed by atoms with Crippen molar-refractivity contribution in [2.75, 3.05) is 12.4 Å². The highest BCUT2D eigenvalue weighted by Crippen LogP contribution is 2.34. The van der Waals surface area contributed by atoms with E-state index in [0.29, 0.717) is 11.3 Å². The van der Waals surface area contributed by atoms with Gasteiger partial charge in [-0.05, 0) is 54.6 Å². The Labute approximate surface area is 224 Å². The zero-order chi connectivity index (χ0) is 28.9. The number of hydrogen-bond acceptors (Lipinski definition) is 8. The highest BCUT2D eigenvalue weighted by Gasteiger charge is 2.30. The molecule has 206 valence electrons. The number of hydrogen-bond donors (Lipinski definition) is 1. The van der Waals surface area contributed by atoms with Crippen molar-refractivity contribution in [3.8, 4) is 17.2 Å². The molecule has 4 aromatic rings. The van der Waals surface area contributed by atoms with E-state index in [1.165, 1.54) is 43.5 Å². The fraction of sp³-hybridized carbons (Fsp3) is 0.111. The number of alkyl halides is 3. The zero-order valence-electron chi connectivity index (χ0n) is 20.6. The number of nitrogens with one attached hydrogen (secondary N) is 1. The summed E-state index contributed by atoms with van der Waals surface area (Å²) in [6.07, 6.45) is -4.61. The van der Waals surface area contributed by atoms with Crippen molar-refractivity contribution < 1.29 is 46.3 Å². The van der Waals surface area contributed by atoms with Crippen LogP contribution < -0.4 is 14.8 Å². The van der Waals surface area contributed by atoms with Gasteiger partial charge in [-0.1, -0.05) is 6.07 Å². The van der Waals surface area contributed by atoms with Crippen LogP contribution in [0.25, 0.3) is 0 Å². The van der Waals surface area contributed by atoms with Crippen LogP contribution in [0.2, 0.25) is 0 Å². The van der Waals surface area contributed by atoms with Gasteiger partial charge in [0.2, 0.25) is 0 Å². The van der Waals surface area contributed by atoms with Gasteiger partial charge in [-0.3, -0.25) is 14.9 Å². The Morgan fingerprint density at radius 1 is 0.950 bits per heavy atom. The first-order valence-electron chi connectivity index (χ1n) is 11.4. The van der Waals surface area contributed by atoms with E-state index >= 15 is 0 Å². The van der Waals surface area contributed by atoms with E-state index in [-0.39, 0.29) is 35.3 Å². The third-order valence-corrected chi connectivity index (χ3v) is 5.30. The first-order valence-corrected chi connectivity index (χ1v) is 11.4. The second-order valence-corrected chi connectivity index (χ2v) is 8.13. The summed E-state index contributed by atoms with van der Waals surface area (Å²) in [6, 6.07) is 16.3. The zero-order valence-corrected chi connectivity index (χ0v) is 20.6. The Morgan fingerprint density at radius 3 is 2.38 bits per heavy atom. The van der Waals surface area contributed by atoms with Gasteiger partial charge in [0.15, 0.2) is 5.76 Å². The van der Waals surface area contributed by atoms with Crippen molar-refractivity contribution in [1.82, 2.24) is 0 Å². The number of benzene rings is 3. The summed E-state index contributed by atoms with van der Waals surface area (Å²) >= 11 is 0. The molecule has 0 radical (unpaired) electrons. The molecule has 1 aromatic heterocycles. The maximum absolute atomic E-state index is 13.0. The van der Waals surface area contributed by atoms with Crippen molar-refractivity contribution in [3.05, 3.63) is 112 Å². The molecule has 10 nitrogen and oxygen atoms in total. The molecule has 40 heavy (non-hydrogen) atoms. The maximum atomic E-state index is 13.0. The number of ether oxygens (including phenoxy) is 3. The third-order valence-electron chi connectivity index (χ3n) is 5.30. The average Bonchev–Trinajstić information content (AvgIpc) is 3.41. The molecule has 0 saturated heterocycles. The van der Waals surface area contributed by atoms with Crippen LogP contribution in [0.1, 0.15) is 32.2 Å². The van der Waals surface area contributed by atoms with E-state index < -0.39 is 34.2 Å². The van der Waals surface area contributed by atoms with E-state index in [0.717, 1.165) is 30.3 Å².